The molecule has 0 spiro atoms. The molecule has 1 saturated heterocycles. The number of likely N-dealkylation sites (tertiary alicyclic amines) is 1. The van der Waals surface area contributed by atoms with E-state index in [4.69, 9.17) is 9.47 Å². The molecule has 1 aliphatic carbocycles. The van der Waals surface area contributed by atoms with E-state index >= 15 is 0 Å². The molecule has 0 aromatic heterocycles. The molecule has 1 aromatic rings. The Balaban J connectivity index is 1.73. The van der Waals surface area contributed by atoms with Crippen LogP contribution < -0.4 is 14.8 Å². The number of amides is 1. The highest BCUT2D eigenvalue weighted by molar-refractivity contribution is 5.86. The Morgan fingerprint density at radius 3 is 2.79 bits per heavy atom. The van der Waals surface area contributed by atoms with Crippen LogP contribution in [-0.4, -0.2) is 54.9 Å². The van der Waals surface area contributed by atoms with Crippen LogP contribution in [0.3, 0.4) is 0 Å². The molecule has 2 aliphatic rings. The van der Waals surface area contributed by atoms with Crippen molar-refractivity contribution in [1.29, 1.82) is 0 Å². The SMILES string of the molecule is COc1cccc(CN2CCC[C@@](O)(CNC3CC3)C2=O)c1OC. The molecule has 1 aliphatic heterocycles. The summed E-state index contributed by atoms with van der Waals surface area (Å²) in [6, 6.07) is 6.10. The number of carbonyl (C=O) groups excluding carboxylic acids is 1. The predicted molar refractivity (Wildman–Crippen MR) is 90.2 cm³/mol. The van der Waals surface area contributed by atoms with Crippen molar-refractivity contribution in [1.82, 2.24) is 10.2 Å². The molecule has 1 saturated carbocycles. The Morgan fingerprint density at radius 2 is 2.12 bits per heavy atom. The van der Waals surface area contributed by atoms with Gasteiger partial charge in [0.2, 0.25) is 0 Å². The van der Waals surface area contributed by atoms with Crippen LogP contribution in [0.15, 0.2) is 18.2 Å². The highest BCUT2D eigenvalue weighted by atomic mass is 16.5. The van der Waals surface area contributed by atoms with Crippen LogP contribution in [0.4, 0.5) is 0 Å². The minimum absolute atomic E-state index is 0.202. The summed E-state index contributed by atoms with van der Waals surface area (Å²) in [6.45, 7) is 1.39. The summed E-state index contributed by atoms with van der Waals surface area (Å²) in [5.41, 5.74) is -0.419. The van der Waals surface area contributed by atoms with E-state index in [1.165, 1.54) is 0 Å². The predicted octanol–water partition coefficient (Wildman–Crippen LogP) is 1.31. The highest BCUT2D eigenvalue weighted by Gasteiger charge is 2.43. The zero-order chi connectivity index (χ0) is 17.2. The summed E-state index contributed by atoms with van der Waals surface area (Å²) in [4.78, 5) is 14.5. The third-order valence-electron chi connectivity index (χ3n) is 4.81. The molecule has 1 aromatic carbocycles. The van der Waals surface area contributed by atoms with Crippen molar-refractivity contribution < 1.29 is 19.4 Å². The standard InChI is InChI=1S/C18H26N2O4/c1-23-15-6-3-5-13(16(15)24-2)11-20-10-4-9-18(22,17(20)21)12-19-14-7-8-14/h3,5-6,14,19,22H,4,7-12H2,1-2H3/t18-/m1/s1. The van der Waals surface area contributed by atoms with Gasteiger partial charge in [-0.2, -0.15) is 0 Å². The van der Waals surface area contributed by atoms with Crippen LogP contribution >= 0.6 is 0 Å². The number of piperidine rings is 1. The molecule has 1 atom stereocenters. The fourth-order valence-corrected chi connectivity index (χ4v) is 3.26. The second kappa shape index (κ2) is 6.99. The third kappa shape index (κ3) is 3.49. The zero-order valence-electron chi connectivity index (χ0n) is 14.4. The molecule has 0 radical (unpaired) electrons. The van der Waals surface area contributed by atoms with E-state index < -0.39 is 5.60 Å². The summed E-state index contributed by atoms with van der Waals surface area (Å²) in [7, 11) is 3.19. The van der Waals surface area contributed by atoms with Gasteiger partial charge in [0.1, 0.15) is 0 Å². The van der Waals surface area contributed by atoms with E-state index in [0.29, 0.717) is 43.6 Å². The number of benzene rings is 1. The number of hydrogen-bond donors (Lipinski definition) is 2. The molecular formula is C18H26N2O4. The first-order valence-electron chi connectivity index (χ1n) is 8.52. The van der Waals surface area contributed by atoms with Crippen molar-refractivity contribution in [2.24, 2.45) is 0 Å². The molecule has 24 heavy (non-hydrogen) atoms. The molecule has 6 heteroatoms. The minimum Gasteiger partial charge on any atom is -0.493 e. The quantitative estimate of drug-likeness (QED) is 0.787. The molecular weight excluding hydrogens is 308 g/mol. The first kappa shape index (κ1) is 17.0. The third-order valence-corrected chi connectivity index (χ3v) is 4.81. The maximum absolute atomic E-state index is 12.8. The van der Waals surface area contributed by atoms with Crippen molar-refractivity contribution >= 4 is 5.91 Å². The van der Waals surface area contributed by atoms with Crippen molar-refractivity contribution in [3.63, 3.8) is 0 Å². The van der Waals surface area contributed by atoms with Crippen molar-refractivity contribution in [2.45, 2.75) is 43.9 Å². The van der Waals surface area contributed by atoms with Gasteiger partial charge in [0.05, 0.1) is 14.2 Å². The second-order valence-electron chi connectivity index (χ2n) is 6.67. The van der Waals surface area contributed by atoms with Gasteiger partial charge < -0.3 is 24.8 Å². The molecule has 0 bridgehead atoms. The van der Waals surface area contributed by atoms with Gasteiger partial charge in [0.25, 0.3) is 5.91 Å². The molecule has 2 N–H and O–H groups in total. The second-order valence-corrected chi connectivity index (χ2v) is 6.67. The topological polar surface area (TPSA) is 71.0 Å². The van der Waals surface area contributed by atoms with E-state index in [0.717, 1.165) is 24.8 Å². The molecule has 1 amide bonds. The summed E-state index contributed by atoms with van der Waals surface area (Å²) >= 11 is 0. The summed E-state index contributed by atoms with van der Waals surface area (Å²) in [5, 5.41) is 14.1. The van der Waals surface area contributed by atoms with E-state index in [-0.39, 0.29) is 5.91 Å². The number of nitrogens with one attached hydrogen (secondary N) is 1. The monoisotopic (exact) mass is 334 g/mol. The van der Waals surface area contributed by atoms with Crippen LogP contribution in [0.2, 0.25) is 0 Å². The van der Waals surface area contributed by atoms with Gasteiger partial charge in [0, 0.05) is 31.2 Å². The maximum atomic E-state index is 12.8. The number of methoxy groups -OCH3 is 2. The molecule has 3 rings (SSSR count). The number of carbonyl (C=O) groups is 1. The molecule has 6 nitrogen and oxygen atoms in total. The van der Waals surface area contributed by atoms with Gasteiger partial charge in [0.15, 0.2) is 17.1 Å². The fourth-order valence-electron chi connectivity index (χ4n) is 3.26. The van der Waals surface area contributed by atoms with Crippen LogP contribution in [0.1, 0.15) is 31.2 Å². The lowest BCUT2D eigenvalue weighted by Crippen LogP contribution is -2.57. The van der Waals surface area contributed by atoms with Crippen molar-refractivity contribution in [3.8, 4) is 11.5 Å². The highest BCUT2D eigenvalue weighted by Crippen LogP contribution is 2.33. The van der Waals surface area contributed by atoms with Gasteiger partial charge in [-0.15, -0.1) is 0 Å². The lowest BCUT2D eigenvalue weighted by atomic mass is 9.91. The number of para-hydroxylation sites is 1. The van der Waals surface area contributed by atoms with E-state index in [1.54, 1.807) is 19.1 Å². The average Bonchev–Trinajstić information content (AvgIpc) is 3.41. The summed E-state index contributed by atoms with van der Waals surface area (Å²) in [5.74, 6) is 1.08. The molecule has 1 heterocycles. The number of hydrogen-bond acceptors (Lipinski definition) is 5. The first-order valence-corrected chi connectivity index (χ1v) is 8.52. The number of ether oxygens (including phenoxy) is 2. The van der Waals surface area contributed by atoms with Crippen LogP contribution in [0, 0.1) is 0 Å². The number of rotatable bonds is 7. The Hall–Kier alpha value is -1.79. The van der Waals surface area contributed by atoms with Crippen LogP contribution in [0.25, 0.3) is 0 Å². The average molecular weight is 334 g/mol. The van der Waals surface area contributed by atoms with Crippen LogP contribution in [0.5, 0.6) is 11.5 Å². The number of nitrogens with zero attached hydrogens (tertiary/aromatic N) is 1. The minimum atomic E-state index is -1.30. The largest absolute Gasteiger partial charge is 0.493 e. The van der Waals surface area contributed by atoms with Gasteiger partial charge in [-0.3, -0.25) is 4.79 Å². The van der Waals surface area contributed by atoms with E-state index in [2.05, 4.69) is 5.32 Å². The zero-order valence-corrected chi connectivity index (χ0v) is 14.4. The molecule has 2 fully saturated rings. The maximum Gasteiger partial charge on any atom is 0.256 e. The summed E-state index contributed by atoms with van der Waals surface area (Å²) in [6.07, 6.45) is 3.57. The van der Waals surface area contributed by atoms with Crippen molar-refractivity contribution in [2.75, 3.05) is 27.3 Å². The molecule has 0 unspecified atom stereocenters. The Kier molecular flexibility index (Phi) is 4.96. The molecule has 132 valence electrons. The normalized spacial score (nSPS) is 24.1. The first-order chi connectivity index (χ1) is 11.6. The van der Waals surface area contributed by atoms with E-state index in [1.807, 2.05) is 18.2 Å². The van der Waals surface area contributed by atoms with Gasteiger partial charge in [-0.1, -0.05) is 12.1 Å². The summed E-state index contributed by atoms with van der Waals surface area (Å²) < 4.78 is 10.8. The van der Waals surface area contributed by atoms with Crippen molar-refractivity contribution in [3.05, 3.63) is 23.8 Å². The van der Waals surface area contributed by atoms with Gasteiger partial charge in [-0.25, -0.2) is 0 Å². The van der Waals surface area contributed by atoms with Gasteiger partial charge >= 0.3 is 0 Å². The van der Waals surface area contributed by atoms with Crippen LogP contribution in [-0.2, 0) is 11.3 Å². The Morgan fingerprint density at radius 1 is 1.33 bits per heavy atom. The number of aliphatic hydroxyl groups is 1. The van der Waals surface area contributed by atoms with E-state index in [9.17, 15) is 9.90 Å². The Labute approximate surface area is 142 Å². The lowest BCUT2D eigenvalue weighted by molar-refractivity contribution is -0.157. The lowest BCUT2D eigenvalue weighted by Gasteiger charge is -2.38. The van der Waals surface area contributed by atoms with Gasteiger partial charge in [-0.05, 0) is 31.7 Å². The smallest absolute Gasteiger partial charge is 0.256 e. The Bertz CT molecular complexity index is 603. The fraction of sp³-hybridized carbons (Fsp3) is 0.611.